The highest BCUT2D eigenvalue weighted by Gasteiger charge is 2.20. The number of ether oxygens (including phenoxy) is 3. The Labute approximate surface area is 264 Å². The third-order valence-corrected chi connectivity index (χ3v) is 6.95. The molecule has 0 radical (unpaired) electrons. The van der Waals surface area contributed by atoms with Gasteiger partial charge < -0.3 is 34.6 Å². The first-order chi connectivity index (χ1) is 21.5. The first kappa shape index (κ1) is 33.1. The molecule has 3 N–H and O–H groups in total. The van der Waals surface area contributed by atoms with Gasteiger partial charge in [0.2, 0.25) is 6.79 Å². The van der Waals surface area contributed by atoms with E-state index in [2.05, 4.69) is 39.7 Å². The van der Waals surface area contributed by atoms with Crippen LogP contribution >= 0.6 is 0 Å². The third-order valence-electron chi connectivity index (χ3n) is 6.95. The van der Waals surface area contributed by atoms with Gasteiger partial charge in [0, 0.05) is 31.0 Å². The summed E-state index contributed by atoms with van der Waals surface area (Å²) in [6.45, 7) is 13.3. The van der Waals surface area contributed by atoms with E-state index in [0.717, 1.165) is 31.6 Å². The molecule has 0 fully saturated rings. The Bertz CT molecular complexity index is 1470. The van der Waals surface area contributed by atoms with E-state index in [1.165, 1.54) is 0 Å². The fourth-order valence-corrected chi connectivity index (χ4v) is 4.63. The predicted molar refractivity (Wildman–Crippen MR) is 173 cm³/mol. The van der Waals surface area contributed by atoms with Crippen molar-refractivity contribution in [3.63, 3.8) is 0 Å². The molecule has 12 nitrogen and oxygen atoms in total. The van der Waals surface area contributed by atoms with Crippen molar-refractivity contribution in [3.05, 3.63) is 72.1 Å². The maximum absolute atomic E-state index is 13.4. The quantitative estimate of drug-likeness (QED) is 0.219. The van der Waals surface area contributed by atoms with Crippen LogP contribution in [0.15, 0.2) is 60.8 Å². The van der Waals surface area contributed by atoms with E-state index in [1.54, 1.807) is 86.5 Å². The monoisotopic (exact) mass is 618 g/mol. The van der Waals surface area contributed by atoms with Gasteiger partial charge in [-0.25, -0.2) is 9.59 Å². The summed E-state index contributed by atoms with van der Waals surface area (Å²) < 4.78 is 16.1. The van der Waals surface area contributed by atoms with Crippen LogP contribution in [0.5, 0.6) is 11.5 Å². The molecule has 1 aliphatic heterocycles. The van der Waals surface area contributed by atoms with Gasteiger partial charge in [0.15, 0.2) is 11.5 Å². The summed E-state index contributed by atoms with van der Waals surface area (Å²) in [6.07, 6.45) is 1.75. The van der Waals surface area contributed by atoms with E-state index < -0.39 is 17.6 Å². The molecule has 0 spiro atoms. The number of carbonyl (C=O) groups excluding carboxylic acids is 3. The van der Waals surface area contributed by atoms with Crippen molar-refractivity contribution in [3.8, 4) is 11.5 Å². The van der Waals surface area contributed by atoms with Gasteiger partial charge in [-0.15, -0.1) is 0 Å². The van der Waals surface area contributed by atoms with Crippen LogP contribution in [0.2, 0.25) is 0 Å². The van der Waals surface area contributed by atoms with Crippen LogP contribution in [0.4, 0.5) is 26.7 Å². The molecule has 2 heterocycles. The van der Waals surface area contributed by atoms with Crippen molar-refractivity contribution in [2.75, 3.05) is 48.9 Å². The summed E-state index contributed by atoms with van der Waals surface area (Å²) in [5, 5.41) is 8.43. The van der Waals surface area contributed by atoms with Gasteiger partial charge in [0.25, 0.3) is 5.91 Å². The average Bonchev–Trinajstić information content (AvgIpc) is 3.47. The molecule has 4 amide bonds. The average molecular weight is 619 g/mol. The zero-order valence-corrected chi connectivity index (χ0v) is 26.5. The molecule has 0 atom stereocenters. The molecule has 4 rings (SSSR count). The number of para-hydroxylation sites is 2. The summed E-state index contributed by atoms with van der Waals surface area (Å²) >= 11 is 0. The lowest BCUT2D eigenvalue weighted by Crippen LogP contribution is -2.37. The van der Waals surface area contributed by atoms with Crippen molar-refractivity contribution in [1.82, 2.24) is 14.8 Å². The molecule has 1 aromatic heterocycles. The number of hydrogen-bond donors (Lipinski definition) is 3. The van der Waals surface area contributed by atoms with Crippen LogP contribution in [-0.4, -0.2) is 71.4 Å². The Hall–Kier alpha value is -4.84. The fourth-order valence-electron chi connectivity index (χ4n) is 4.63. The topological polar surface area (TPSA) is 134 Å². The van der Waals surface area contributed by atoms with E-state index in [1.807, 2.05) is 0 Å². The first-order valence-corrected chi connectivity index (χ1v) is 15.1. The molecule has 45 heavy (non-hydrogen) atoms. The van der Waals surface area contributed by atoms with Gasteiger partial charge in [-0.05, 0) is 82.7 Å². The molecule has 0 saturated carbocycles. The second kappa shape index (κ2) is 15.2. The summed E-state index contributed by atoms with van der Waals surface area (Å²) in [7, 11) is 0. The molecule has 3 aromatic rings. The van der Waals surface area contributed by atoms with Gasteiger partial charge in [-0.3, -0.25) is 15.1 Å². The second-order valence-electron chi connectivity index (χ2n) is 11.5. The number of nitrogens with one attached hydrogen (secondary N) is 3. The number of pyridine rings is 1. The predicted octanol–water partition coefficient (Wildman–Crippen LogP) is 6.18. The Morgan fingerprint density at radius 3 is 2.27 bits per heavy atom. The number of aromatic nitrogens is 1. The lowest BCUT2D eigenvalue weighted by molar-refractivity contribution is 0.0635. The molecule has 2 aromatic carbocycles. The van der Waals surface area contributed by atoms with Crippen molar-refractivity contribution in [2.24, 2.45) is 0 Å². The molecule has 0 bridgehead atoms. The van der Waals surface area contributed by atoms with Crippen molar-refractivity contribution in [2.45, 2.75) is 53.2 Å². The summed E-state index contributed by atoms with van der Waals surface area (Å²) in [6, 6.07) is 15.2. The highest BCUT2D eigenvalue weighted by atomic mass is 16.7. The molecular formula is C33H42N6O6. The summed E-state index contributed by atoms with van der Waals surface area (Å²) in [4.78, 5) is 47.1. The number of urea groups is 1. The Morgan fingerprint density at radius 2 is 1.60 bits per heavy atom. The highest BCUT2D eigenvalue weighted by Crippen LogP contribution is 2.34. The van der Waals surface area contributed by atoms with E-state index in [-0.39, 0.29) is 18.5 Å². The van der Waals surface area contributed by atoms with Crippen molar-refractivity contribution < 1.29 is 28.6 Å². The van der Waals surface area contributed by atoms with Crippen LogP contribution in [-0.2, 0) is 11.3 Å². The van der Waals surface area contributed by atoms with Crippen molar-refractivity contribution >= 4 is 35.1 Å². The van der Waals surface area contributed by atoms with E-state index in [9.17, 15) is 14.4 Å². The van der Waals surface area contributed by atoms with E-state index >= 15 is 0 Å². The molecule has 240 valence electrons. The van der Waals surface area contributed by atoms with Crippen LogP contribution in [0.3, 0.4) is 0 Å². The number of amides is 4. The third kappa shape index (κ3) is 9.83. The highest BCUT2D eigenvalue weighted by molar-refractivity contribution is 6.05. The van der Waals surface area contributed by atoms with Gasteiger partial charge in [-0.2, -0.15) is 0 Å². The number of fused-ring (bicyclic) bond motifs is 1. The Balaban J connectivity index is 1.41. The van der Waals surface area contributed by atoms with Gasteiger partial charge in [0.1, 0.15) is 11.3 Å². The van der Waals surface area contributed by atoms with Crippen LogP contribution in [0.1, 0.15) is 57.1 Å². The standard InChI is InChI=1S/C33H42N6O6/c1-6-38(7-2)17-10-18-39(31(41)35-24-14-16-28-29(19-24)44-22-43-28)21-23-13-15-27(34-20-23)30(40)36-25-11-8-9-12-26(25)37-32(42)45-33(3,4)5/h8-9,11-16,19-20H,6-7,10,17-18,21-22H2,1-5H3,(H,35,41)(H,36,40)(H,37,42). The van der Waals surface area contributed by atoms with Crippen LogP contribution < -0.4 is 25.4 Å². The second-order valence-corrected chi connectivity index (χ2v) is 11.5. The maximum Gasteiger partial charge on any atom is 0.412 e. The minimum atomic E-state index is -0.665. The maximum atomic E-state index is 13.4. The number of hydrogen-bond acceptors (Lipinski definition) is 8. The Morgan fingerprint density at radius 1 is 0.889 bits per heavy atom. The molecular weight excluding hydrogens is 576 g/mol. The van der Waals surface area contributed by atoms with Gasteiger partial charge >= 0.3 is 12.1 Å². The zero-order valence-electron chi connectivity index (χ0n) is 26.5. The smallest absolute Gasteiger partial charge is 0.412 e. The molecule has 0 unspecified atom stereocenters. The number of rotatable bonds is 12. The lowest BCUT2D eigenvalue weighted by Gasteiger charge is -2.25. The number of carbonyl (C=O) groups is 3. The number of benzene rings is 2. The minimum absolute atomic E-state index is 0.153. The summed E-state index contributed by atoms with van der Waals surface area (Å²) in [5.41, 5.74) is 1.68. The van der Waals surface area contributed by atoms with Gasteiger partial charge in [0.05, 0.1) is 11.4 Å². The molecule has 0 saturated heterocycles. The van der Waals surface area contributed by atoms with Gasteiger partial charge in [-0.1, -0.05) is 32.0 Å². The normalized spacial score (nSPS) is 12.0. The lowest BCUT2D eigenvalue weighted by atomic mass is 10.2. The number of nitrogens with zero attached hydrogens (tertiary/aromatic N) is 3. The molecule has 0 aliphatic carbocycles. The fraction of sp³-hybridized carbons (Fsp3) is 0.394. The minimum Gasteiger partial charge on any atom is -0.454 e. The van der Waals surface area contributed by atoms with Crippen molar-refractivity contribution in [1.29, 1.82) is 0 Å². The van der Waals surface area contributed by atoms with Crippen LogP contribution in [0, 0.1) is 0 Å². The van der Waals surface area contributed by atoms with Crippen LogP contribution in [0.25, 0.3) is 0 Å². The van der Waals surface area contributed by atoms with E-state index in [0.29, 0.717) is 41.7 Å². The zero-order chi connectivity index (χ0) is 32.4. The first-order valence-electron chi connectivity index (χ1n) is 15.1. The summed E-state index contributed by atoms with van der Waals surface area (Å²) in [5.74, 6) is 0.779. The van der Waals surface area contributed by atoms with E-state index in [4.69, 9.17) is 14.2 Å². The Kier molecular flexibility index (Phi) is 11.2. The molecule has 1 aliphatic rings. The molecule has 12 heteroatoms. The SMILES string of the molecule is CCN(CC)CCCN(Cc1ccc(C(=O)Nc2ccccc2NC(=O)OC(C)(C)C)nc1)C(=O)Nc1ccc2c(c1)OCO2. The number of anilines is 3. The largest absolute Gasteiger partial charge is 0.454 e.